The van der Waals surface area contributed by atoms with Gasteiger partial charge in [0, 0.05) is 24.5 Å². The molecule has 1 aliphatic rings. The lowest BCUT2D eigenvalue weighted by atomic mass is 10.2. The average Bonchev–Trinajstić information content (AvgIpc) is 2.88. The first-order chi connectivity index (χ1) is 7.45. The van der Waals surface area contributed by atoms with Crippen LogP contribution in [0.25, 0.3) is 0 Å². The van der Waals surface area contributed by atoms with Crippen molar-refractivity contribution < 1.29 is 0 Å². The first-order valence-corrected chi connectivity index (χ1v) is 6.76. The molecule has 2 rings (SSSR count). The highest BCUT2D eigenvalue weighted by Gasteiger charge is 2.13. The van der Waals surface area contributed by atoms with Crippen LogP contribution in [0.5, 0.6) is 0 Å². The topological polar surface area (TPSA) is 42.7 Å². The van der Waals surface area contributed by atoms with Gasteiger partial charge < -0.3 is 5.32 Å². The molecule has 1 atom stereocenters. The molecule has 15 heavy (non-hydrogen) atoms. The van der Waals surface area contributed by atoms with Crippen LogP contribution in [0, 0.1) is 0 Å². The third kappa shape index (κ3) is 3.83. The van der Waals surface area contributed by atoms with E-state index in [0.717, 1.165) is 19.1 Å². The minimum atomic E-state index is 0.765. The summed E-state index contributed by atoms with van der Waals surface area (Å²) < 4.78 is 1.89. The highest BCUT2D eigenvalue weighted by molar-refractivity contribution is 7.99. The average molecular weight is 226 g/mol. The van der Waals surface area contributed by atoms with Gasteiger partial charge in [0.05, 0.1) is 6.20 Å². The Labute approximate surface area is 94.8 Å². The third-order valence-corrected chi connectivity index (χ3v) is 3.81. The SMILES string of the molecule is c1cn(CCCCNC2CCSC2)nn1. The van der Waals surface area contributed by atoms with Crippen molar-refractivity contribution >= 4 is 11.8 Å². The van der Waals surface area contributed by atoms with E-state index in [2.05, 4.69) is 27.4 Å². The van der Waals surface area contributed by atoms with Crippen LogP contribution in [-0.4, -0.2) is 39.1 Å². The molecule has 1 aromatic heterocycles. The van der Waals surface area contributed by atoms with Gasteiger partial charge >= 0.3 is 0 Å². The van der Waals surface area contributed by atoms with E-state index in [9.17, 15) is 0 Å². The summed E-state index contributed by atoms with van der Waals surface area (Å²) in [5.74, 6) is 2.62. The largest absolute Gasteiger partial charge is 0.313 e. The molecule has 1 aromatic rings. The van der Waals surface area contributed by atoms with Crippen LogP contribution in [0.2, 0.25) is 0 Å². The Morgan fingerprint density at radius 2 is 2.47 bits per heavy atom. The zero-order chi connectivity index (χ0) is 10.3. The quantitative estimate of drug-likeness (QED) is 0.739. The van der Waals surface area contributed by atoms with Crippen LogP contribution in [0.4, 0.5) is 0 Å². The van der Waals surface area contributed by atoms with Gasteiger partial charge in [-0.1, -0.05) is 5.21 Å². The van der Waals surface area contributed by atoms with E-state index < -0.39 is 0 Å². The fourth-order valence-corrected chi connectivity index (χ4v) is 2.94. The van der Waals surface area contributed by atoms with E-state index in [-0.39, 0.29) is 0 Å². The molecule has 0 amide bonds. The summed E-state index contributed by atoms with van der Waals surface area (Å²) in [5.41, 5.74) is 0. The van der Waals surface area contributed by atoms with Gasteiger partial charge in [0.1, 0.15) is 0 Å². The number of thioether (sulfide) groups is 1. The first kappa shape index (κ1) is 11.0. The van der Waals surface area contributed by atoms with Crippen molar-refractivity contribution in [3.8, 4) is 0 Å². The minimum Gasteiger partial charge on any atom is -0.313 e. The lowest BCUT2D eigenvalue weighted by molar-refractivity contribution is 0.495. The summed E-state index contributed by atoms with van der Waals surface area (Å²) in [7, 11) is 0. The first-order valence-electron chi connectivity index (χ1n) is 5.60. The Morgan fingerprint density at radius 1 is 1.47 bits per heavy atom. The van der Waals surface area contributed by atoms with Crippen molar-refractivity contribution in [2.45, 2.75) is 31.8 Å². The molecular weight excluding hydrogens is 208 g/mol. The number of hydrogen-bond donors (Lipinski definition) is 1. The maximum atomic E-state index is 3.93. The predicted molar refractivity (Wildman–Crippen MR) is 63.0 cm³/mol. The minimum absolute atomic E-state index is 0.765. The maximum absolute atomic E-state index is 3.93. The second kappa shape index (κ2) is 6.12. The number of nitrogens with zero attached hydrogens (tertiary/aromatic N) is 3. The van der Waals surface area contributed by atoms with Gasteiger partial charge in [-0.15, -0.1) is 5.10 Å². The molecule has 0 bridgehead atoms. The Kier molecular flexibility index (Phi) is 4.47. The normalized spacial score (nSPS) is 20.9. The number of rotatable bonds is 6. The van der Waals surface area contributed by atoms with Gasteiger partial charge in [-0.05, 0) is 31.6 Å². The van der Waals surface area contributed by atoms with Gasteiger partial charge in [-0.25, -0.2) is 0 Å². The molecule has 4 nitrogen and oxygen atoms in total. The molecule has 1 saturated heterocycles. The number of aryl methyl sites for hydroxylation is 1. The Balaban J connectivity index is 1.48. The molecular formula is C10H18N4S. The van der Waals surface area contributed by atoms with Crippen molar-refractivity contribution in [1.29, 1.82) is 0 Å². The van der Waals surface area contributed by atoms with E-state index in [1.54, 1.807) is 6.20 Å². The second-order valence-corrected chi connectivity index (χ2v) is 5.04. The Morgan fingerprint density at radius 3 is 3.20 bits per heavy atom. The highest BCUT2D eigenvalue weighted by Crippen LogP contribution is 2.16. The van der Waals surface area contributed by atoms with Crippen LogP contribution >= 0.6 is 11.8 Å². The van der Waals surface area contributed by atoms with Crippen molar-refractivity contribution in [3.05, 3.63) is 12.4 Å². The molecule has 1 N–H and O–H groups in total. The molecule has 84 valence electrons. The lowest BCUT2D eigenvalue weighted by Gasteiger charge is -2.10. The number of unbranched alkanes of at least 4 members (excludes halogenated alkanes) is 1. The van der Waals surface area contributed by atoms with Crippen LogP contribution in [-0.2, 0) is 6.54 Å². The van der Waals surface area contributed by atoms with Crippen molar-refractivity contribution in [3.63, 3.8) is 0 Å². The molecule has 0 aromatic carbocycles. The van der Waals surface area contributed by atoms with E-state index in [0.29, 0.717) is 0 Å². The number of hydrogen-bond acceptors (Lipinski definition) is 4. The maximum Gasteiger partial charge on any atom is 0.0692 e. The van der Waals surface area contributed by atoms with Crippen molar-refractivity contribution in [2.24, 2.45) is 0 Å². The Bertz CT molecular complexity index is 256. The summed E-state index contributed by atoms with van der Waals surface area (Å²) in [4.78, 5) is 0. The van der Waals surface area contributed by atoms with Gasteiger partial charge in [0.15, 0.2) is 0 Å². The van der Waals surface area contributed by atoms with Crippen LogP contribution in [0.1, 0.15) is 19.3 Å². The standard InChI is InChI=1S/C10H18N4S/c1(2-6-14-7-5-12-13-14)4-11-10-3-8-15-9-10/h5,7,10-11H,1-4,6,8-9H2. The predicted octanol–water partition coefficient (Wildman–Crippen LogP) is 1.15. The Hall–Kier alpha value is -0.550. The molecule has 5 heteroatoms. The summed E-state index contributed by atoms with van der Waals surface area (Å²) in [6.07, 6.45) is 7.39. The zero-order valence-corrected chi connectivity index (χ0v) is 9.75. The van der Waals surface area contributed by atoms with Gasteiger partial charge in [-0.3, -0.25) is 4.68 Å². The summed E-state index contributed by atoms with van der Waals surface area (Å²) in [6, 6.07) is 0.765. The summed E-state index contributed by atoms with van der Waals surface area (Å²) in [5, 5.41) is 11.3. The van der Waals surface area contributed by atoms with Gasteiger partial charge in [0.2, 0.25) is 0 Å². The fraction of sp³-hybridized carbons (Fsp3) is 0.800. The molecule has 1 fully saturated rings. The van der Waals surface area contributed by atoms with Crippen LogP contribution < -0.4 is 5.32 Å². The van der Waals surface area contributed by atoms with E-state index in [1.807, 2.05) is 10.9 Å². The van der Waals surface area contributed by atoms with Crippen molar-refractivity contribution in [1.82, 2.24) is 20.3 Å². The monoisotopic (exact) mass is 226 g/mol. The molecule has 0 spiro atoms. The van der Waals surface area contributed by atoms with Gasteiger partial charge in [-0.2, -0.15) is 11.8 Å². The fourth-order valence-electron chi connectivity index (χ4n) is 1.75. The van der Waals surface area contributed by atoms with E-state index >= 15 is 0 Å². The highest BCUT2D eigenvalue weighted by atomic mass is 32.2. The number of nitrogens with one attached hydrogen (secondary N) is 1. The summed E-state index contributed by atoms with van der Waals surface area (Å²) >= 11 is 2.06. The van der Waals surface area contributed by atoms with Crippen LogP contribution in [0.3, 0.4) is 0 Å². The molecule has 0 radical (unpaired) electrons. The molecule has 1 unspecified atom stereocenters. The van der Waals surface area contributed by atoms with E-state index in [1.165, 1.54) is 30.8 Å². The van der Waals surface area contributed by atoms with E-state index in [4.69, 9.17) is 0 Å². The molecule has 0 aliphatic carbocycles. The van der Waals surface area contributed by atoms with Gasteiger partial charge in [0.25, 0.3) is 0 Å². The van der Waals surface area contributed by atoms with Crippen molar-refractivity contribution in [2.75, 3.05) is 18.1 Å². The molecule has 2 heterocycles. The zero-order valence-electron chi connectivity index (χ0n) is 8.93. The summed E-state index contributed by atoms with van der Waals surface area (Å²) in [6.45, 7) is 2.13. The van der Waals surface area contributed by atoms with Crippen LogP contribution in [0.15, 0.2) is 12.4 Å². The molecule has 0 saturated carbocycles. The second-order valence-electron chi connectivity index (χ2n) is 3.89. The smallest absolute Gasteiger partial charge is 0.0692 e. The number of aromatic nitrogens is 3. The molecule has 1 aliphatic heterocycles. The lowest BCUT2D eigenvalue weighted by Crippen LogP contribution is -2.29. The third-order valence-electron chi connectivity index (χ3n) is 2.65.